The molecule has 0 aliphatic heterocycles. The van der Waals surface area contributed by atoms with Gasteiger partial charge in [-0.2, -0.15) is 0 Å². The average molecular weight is 233 g/mol. The Labute approximate surface area is 101 Å². The summed E-state index contributed by atoms with van der Waals surface area (Å²) in [5, 5.41) is 0. The third-order valence-electron chi connectivity index (χ3n) is 2.45. The third-order valence-corrected chi connectivity index (χ3v) is 3.68. The van der Waals surface area contributed by atoms with Crippen LogP contribution in [0.25, 0.3) is 0 Å². The molecule has 0 amide bonds. The normalized spacial score (nSPS) is 12.0. The number of anilines is 1. The molecule has 2 heteroatoms. The molecule has 0 saturated carbocycles. The molecule has 1 aromatic carbocycles. The topological polar surface area (TPSA) is 3.24 Å². The standard InChI is InChI=1S/C14H23NSi/c1-15(14-10-6-5-7-11-14)12-8-9-13-16(2,3)4/h5-7,9-11,13H,8,12H2,1-4H3/b13-9+. The van der Waals surface area contributed by atoms with Crippen molar-refractivity contribution in [3.63, 3.8) is 0 Å². The van der Waals surface area contributed by atoms with E-state index in [1.807, 2.05) is 0 Å². The summed E-state index contributed by atoms with van der Waals surface area (Å²) in [6, 6.07) is 10.5. The summed E-state index contributed by atoms with van der Waals surface area (Å²) in [5.74, 6) is 0. The van der Waals surface area contributed by atoms with Crippen molar-refractivity contribution in [2.75, 3.05) is 18.5 Å². The summed E-state index contributed by atoms with van der Waals surface area (Å²) in [6.45, 7) is 8.18. The summed E-state index contributed by atoms with van der Waals surface area (Å²) in [7, 11) is 1.14. The lowest BCUT2D eigenvalue weighted by molar-refractivity contribution is 0.899. The minimum atomic E-state index is -1.01. The molecule has 0 heterocycles. The molecule has 0 spiro atoms. The second-order valence-corrected chi connectivity index (χ2v) is 10.4. The van der Waals surface area contributed by atoms with Crippen molar-refractivity contribution in [1.82, 2.24) is 0 Å². The van der Waals surface area contributed by atoms with E-state index in [1.165, 1.54) is 5.69 Å². The SMILES string of the molecule is CN(CC/C=C/[Si](C)(C)C)c1ccccc1. The van der Waals surface area contributed by atoms with E-state index in [-0.39, 0.29) is 0 Å². The summed E-state index contributed by atoms with van der Waals surface area (Å²) in [4.78, 5) is 2.30. The highest BCUT2D eigenvalue weighted by Crippen LogP contribution is 2.11. The van der Waals surface area contributed by atoms with E-state index in [2.05, 4.69) is 73.7 Å². The van der Waals surface area contributed by atoms with E-state index in [1.54, 1.807) is 0 Å². The van der Waals surface area contributed by atoms with Gasteiger partial charge in [-0.1, -0.05) is 49.6 Å². The first-order valence-electron chi connectivity index (χ1n) is 5.93. The van der Waals surface area contributed by atoms with E-state index in [4.69, 9.17) is 0 Å². The monoisotopic (exact) mass is 233 g/mol. The van der Waals surface area contributed by atoms with Crippen molar-refractivity contribution >= 4 is 13.8 Å². The molecule has 0 N–H and O–H groups in total. The summed E-state index contributed by atoms with van der Waals surface area (Å²) in [5.41, 5.74) is 3.72. The fourth-order valence-corrected chi connectivity index (χ4v) is 2.39. The van der Waals surface area contributed by atoms with Crippen molar-refractivity contribution in [3.8, 4) is 0 Å². The summed E-state index contributed by atoms with van der Waals surface area (Å²) in [6.07, 6.45) is 3.47. The van der Waals surface area contributed by atoms with Crippen LogP contribution in [0.15, 0.2) is 42.1 Å². The predicted molar refractivity (Wildman–Crippen MR) is 76.8 cm³/mol. The van der Waals surface area contributed by atoms with Gasteiger partial charge in [0.25, 0.3) is 0 Å². The van der Waals surface area contributed by atoms with Gasteiger partial charge in [0, 0.05) is 19.3 Å². The number of benzene rings is 1. The molecule has 16 heavy (non-hydrogen) atoms. The Balaban J connectivity index is 2.37. The second-order valence-electron chi connectivity index (χ2n) is 5.31. The Morgan fingerprint density at radius 3 is 2.31 bits per heavy atom. The van der Waals surface area contributed by atoms with Crippen LogP contribution in [0.2, 0.25) is 19.6 Å². The summed E-state index contributed by atoms with van der Waals surface area (Å²) < 4.78 is 0. The molecule has 0 aliphatic carbocycles. The number of hydrogen-bond donors (Lipinski definition) is 0. The Morgan fingerprint density at radius 2 is 1.75 bits per heavy atom. The third kappa shape index (κ3) is 5.17. The molecule has 1 nitrogen and oxygen atoms in total. The lowest BCUT2D eigenvalue weighted by Crippen LogP contribution is -2.19. The smallest absolute Gasteiger partial charge is 0.0682 e. The van der Waals surface area contributed by atoms with E-state index in [9.17, 15) is 0 Å². The van der Waals surface area contributed by atoms with Gasteiger partial charge in [0.15, 0.2) is 0 Å². The number of nitrogens with zero attached hydrogens (tertiary/aromatic N) is 1. The molecule has 0 radical (unpaired) electrons. The van der Waals surface area contributed by atoms with Crippen LogP contribution in [-0.2, 0) is 0 Å². The van der Waals surface area contributed by atoms with Crippen LogP contribution in [-0.4, -0.2) is 21.7 Å². The van der Waals surface area contributed by atoms with Gasteiger partial charge in [-0.3, -0.25) is 0 Å². The lowest BCUT2D eigenvalue weighted by Gasteiger charge is -2.18. The lowest BCUT2D eigenvalue weighted by atomic mass is 10.3. The van der Waals surface area contributed by atoms with Gasteiger partial charge in [-0.05, 0) is 18.6 Å². The van der Waals surface area contributed by atoms with Crippen molar-refractivity contribution in [3.05, 3.63) is 42.1 Å². The molecule has 0 fully saturated rings. The Morgan fingerprint density at radius 1 is 1.12 bits per heavy atom. The van der Waals surface area contributed by atoms with Crippen LogP contribution in [0.1, 0.15) is 6.42 Å². The molecular weight excluding hydrogens is 210 g/mol. The largest absolute Gasteiger partial charge is 0.374 e. The van der Waals surface area contributed by atoms with Crippen LogP contribution in [0.3, 0.4) is 0 Å². The molecule has 0 saturated heterocycles. The first-order valence-corrected chi connectivity index (χ1v) is 9.51. The van der Waals surface area contributed by atoms with Gasteiger partial charge in [0.2, 0.25) is 0 Å². The van der Waals surface area contributed by atoms with Crippen LogP contribution in [0.4, 0.5) is 5.69 Å². The zero-order chi connectivity index (χ0) is 12.0. The second kappa shape index (κ2) is 5.90. The Hall–Kier alpha value is -1.02. The number of para-hydroxylation sites is 1. The molecule has 0 bridgehead atoms. The van der Waals surface area contributed by atoms with Crippen LogP contribution < -0.4 is 4.90 Å². The predicted octanol–water partition coefficient (Wildman–Crippen LogP) is 3.95. The van der Waals surface area contributed by atoms with E-state index in [0.717, 1.165) is 13.0 Å². The van der Waals surface area contributed by atoms with E-state index < -0.39 is 8.07 Å². The highest BCUT2D eigenvalue weighted by molar-refractivity contribution is 6.80. The van der Waals surface area contributed by atoms with Gasteiger partial charge in [-0.25, -0.2) is 0 Å². The minimum absolute atomic E-state index is 1.01. The fraction of sp³-hybridized carbons (Fsp3) is 0.429. The molecule has 0 unspecified atom stereocenters. The highest BCUT2D eigenvalue weighted by Gasteiger charge is 2.06. The highest BCUT2D eigenvalue weighted by atomic mass is 28.3. The van der Waals surface area contributed by atoms with E-state index in [0.29, 0.717) is 0 Å². The molecule has 88 valence electrons. The fourth-order valence-electron chi connectivity index (χ4n) is 1.52. The van der Waals surface area contributed by atoms with Crippen LogP contribution >= 0.6 is 0 Å². The average Bonchev–Trinajstić information content (AvgIpc) is 2.24. The molecule has 0 atom stereocenters. The van der Waals surface area contributed by atoms with Crippen molar-refractivity contribution < 1.29 is 0 Å². The molecule has 0 aromatic heterocycles. The maximum Gasteiger partial charge on any atom is 0.0682 e. The van der Waals surface area contributed by atoms with Gasteiger partial charge in [0.1, 0.15) is 0 Å². The van der Waals surface area contributed by atoms with Crippen LogP contribution in [0, 0.1) is 0 Å². The molecule has 1 rings (SSSR count). The number of hydrogen-bond acceptors (Lipinski definition) is 1. The quantitative estimate of drug-likeness (QED) is 0.696. The van der Waals surface area contributed by atoms with Crippen molar-refractivity contribution in [1.29, 1.82) is 0 Å². The Kier molecular flexibility index (Phi) is 4.81. The Bertz CT molecular complexity index is 324. The first kappa shape index (κ1) is 13.0. The van der Waals surface area contributed by atoms with Crippen LogP contribution in [0.5, 0.6) is 0 Å². The zero-order valence-electron chi connectivity index (χ0n) is 10.9. The molecular formula is C14H23NSi. The van der Waals surface area contributed by atoms with Gasteiger partial charge < -0.3 is 4.90 Å². The van der Waals surface area contributed by atoms with Crippen molar-refractivity contribution in [2.45, 2.75) is 26.1 Å². The zero-order valence-corrected chi connectivity index (χ0v) is 11.9. The first-order chi connectivity index (χ1) is 7.49. The molecule has 1 aromatic rings. The van der Waals surface area contributed by atoms with E-state index >= 15 is 0 Å². The summed E-state index contributed by atoms with van der Waals surface area (Å²) >= 11 is 0. The van der Waals surface area contributed by atoms with Gasteiger partial charge in [0.05, 0.1) is 8.07 Å². The maximum atomic E-state index is 2.42. The molecule has 0 aliphatic rings. The minimum Gasteiger partial charge on any atom is -0.374 e. The van der Waals surface area contributed by atoms with Gasteiger partial charge >= 0.3 is 0 Å². The van der Waals surface area contributed by atoms with Crippen molar-refractivity contribution in [2.24, 2.45) is 0 Å². The maximum absolute atomic E-state index is 2.42. The number of rotatable bonds is 5. The van der Waals surface area contributed by atoms with Gasteiger partial charge in [-0.15, -0.1) is 0 Å².